The van der Waals surface area contributed by atoms with Crippen LogP contribution in [-0.2, 0) is 4.79 Å². The number of nitrogens with one attached hydrogen (secondary N) is 1. The Bertz CT molecular complexity index is 539. The third-order valence-electron chi connectivity index (χ3n) is 3.79. The predicted molar refractivity (Wildman–Crippen MR) is 89.6 cm³/mol. The van der Waals surface area contributed by atoms with Gasteiger partial charge in [0.1, 0.15) is 6.04 Å². The first-order valence-electron chi connectivity index (χ1n) is 7.19. The van der Waals surface area contributed by atoms with Gasteiger partial charge < -0.3 is 10.2 Å². The van der Waals surface area contributed by atoms with Crippen LogP contribution in [0.2, 0.25) is 0 Å². The summed E-state index contributed by atoms with van der Waals surface area (Å²) in [7, 11) is 0. The number of para-hydroxylation sites is 1. The minimum Gasteiger partial charge on any atom is -0.324 e. The van der Waals surface area contributed by atoms with Crippen LogP contribution in [0.1, 0.15) is 37.3 Å². The summed E-state index contributed by atoms with van der Waals surface area (Å²) in [5.41, 5.74) is 3.14. The number of piperidine rings is 1. The summed E-state index contributed by atoms with van der Waals surface area (Å²) in [5.74, 6) is 2.96. The van der Waals surface area contributed by atoms with Crippen LogP contribution in [0.4, 0.5) is 5.69 Å². The van der Waals surface area contributed by atoms with Crippen LogP contribution in [0.3, 0.4) is 0 Å². The summed E-state index contributed by atoms with van der Waals surface area (Å²) < 4.78 is 0. The number of benzene rings is 1. The van der Waals surface area contributed by atoms with E-state index in [1.165, 1.54) is 0 Å². The second kappa shape index (κ2) is 7.95. The average Bonchev–Trinajstić information content (AvgIpc) is 2.44. The molecule has 0 spiro atoms. The zero-order chi connectivity index (χ0) is 14.5. The first-order valence-corrected chi connectivity index (χ1v) is 7.19. The van der Waals surface area contributed by atoms with E-state index in [-0.39, 0.29) is 24.4 Å². The van der Waals surface area contributed by atoms with E-state index in [2.05, 4.69) is 17.3 Å². The van der Waals surface area contributed by atoms with E-state index in [0.29, 0.717) is 0 Å². The number of hydrogen-bond acceptors (Lipinski definition) is 2. The summed E-state index contributed by atoms with van der Waals surface area (Å²) in [4.78, 5) is 14.5. The van der Waals surface area contributed by atoms with Gasteiger partial charge in [0.05, 0.1) is 0 Å². The first-order chi connectivity index (χ1) is 9.63. The molecule has 1 fully saturated rings. The Hall–Kier alpha value is -1.66. The fourth-order valence-electron chi connectivity index (χ4n) is 2.70. The van der Waals surface area contributed by atoms with E-state index < -0.39 is 0 Å². The molecule has 4 heteroatoms. The van der Waals surface area contributed by atoms with E-state index in [9.17, 15) is 4.79 Å². The van der Waals surface area contributed by atoms with Crippen LogP contribution in [0.25, 0.3) is 0 Å². The Morgan fingerprint density at radius 1 is 1.29 bits per heavy atom. The van der Waals surface area contributed by atoms with Gasteiger partial charge in [0.15, 0.2) is 0 Å². The fraction of sp³-hybridized carbons (Fsp3) is 0.471. The van der Waals surface area contributed by atoms with E-state index in [1.54, 1.807) is 0 Å². The summed E-state index contributed by atoms with van der Waals surface area (Å²) >= 11 is 0. The quantitative estimate of drug-likeness (QED) is 0.848. The number of nitrogens with zero attached hydrogens (tertiary/aromatic N) is 1. The van der Waals surface area contributed by atoms with Crippen molar-refractivity contribution in [2.75, 3.05) is 11.9 Å². The van der Waals surface area contributed by atoms with Crippen molar-refractivity contribution in [1.29, 1.82) is 0 Å². The van der Waals surface area contributed by atoms with Gasteiger partial charge in [-0.15, -0.1) is 12.4 Å². The van der Waals surface area contributed by atoms with Crippen molar-refractivity contribution in [1.82, 2.24) is 4.90 Å². The Labute approximate surface area is 133 Å². The van der Waals surface area contributed by atoms with Crippen LogP contribution in [0.5, 0.6) is 0 Å². The molecule has 0 bridgehead atoms. The first kappa shape index (κ1) is 17.4. The SMILES string of the molecule is CC#CN1CCCC[C@H]1C(=O)Nc1c(C)cccc1C.Cl. The lowest BCUT2D eigenvalue weighted by atomic mass is 10.0. The molecule has 21 heavy (non-hydrogen) atoms. The zero-order valence-corrected chi connectivity index (χ0v) is 13.7. The molecule has 1 aliphatic heterocycles. The molecular formula is C17H23ClN2O. The van der Waals surface area contributed by atoms with Gasteiger partial charge in [-0.2, -0.15) is 0 Å². The zero-order valence-electron chi connectivity index (χ0n) is 12.9. The highest BCUT2D eigenvalue weighted by molar-refractivity contribution is 5.96. The molecule has 1 aromatic rings. The largest absolute Gasteiger partial charge is 0.324 e. The van der Waals surface area contributed by atoms with Gasteiger partial charge in [-0.25, -0.2) is 0 Å². The van der Waals surface area contributed by atoms with Crippen molar-refractivity contribution in [3.8, 4) is 12.0 Å². The molecule has 114 valence electrons. The van der Waals surface area contributed by atoms with Crippen LogP contribution in [0.15, 0.2) is 18.2 Å². The lowest BCUT2D eigenvalue weighted by Crippen LogP contribution is -2.44. The van der Waals surface area contributed by atoms with Gasteiger partial charge in [-0.3, -0.25) is 4.79 Å². The molecule has 1 aliphatic rings. The molecule has 0 radical (unpaired) electrons. The van der Waals surface area contributed by atoms with Crippen molar-refractivity contribution in [3.05, 3.63) is 29.3 Å². The normalized spacial score (nSPS) is 17.3. The van der Waals surface area contributed by atoms with Crippen LogP contribution in [0, 0.1) is 25.8 Å². The highest BCUT2D eigenvalue weighted by Gasteiger charge is 2.27. The fourth-order valence-corrected chi connectivity index (χ4v) is 2.70. The van der Waals surface area contributed by atoms with Gasteiger partial charge in [0.2, 0.25) is 5.91 Å². The molecule has 0 aliphatic carbocycles. The van der Waals surface area contributed by atoms with Crippen LogP contribution >= 0.6 is 12.4 Å². The van der Waals surface area contributed by atoms with Gasteiger partial charge in [0.25, 0.3) is 0 Å². The lowest BCUT2D eigenvalue weighted by molar-refractivity contribution is -0.121. The Morgan fingerprint density at radius 2 is 1.95 bits per heavy atom. The van der Waals surface area contributed by atoms with Crippen molar-refractivity contribution >= 4 is 24.0 Å². The van der Waals surface area contributed by atoms with Crippen LogP contribution < -0.4 is 5.32 Å². The predicted octanol–water partition coefficient (Wildman–Crippen LogP) is 3.50. The minimum absolute atomic E-state index is 0. The number of amides is 1. The van der Waals surface area contributed by atoms with Crippen molar-refractivity contribution in [3.63, 3.8) is 0 Å². The molecule has 1 atom stereocenters. The summed E-state index contributed by atoms with van der Waals surface area (Å²) in [6.07, 6.45) is 3.08. The summed E-state index contributed by atoms with van der Waals surface area (Å²) in [5, 5.41) is 3.09. The topological polar surface area (TPSA) is 32.3 Å². The monoisotopic (exact) mass is 306 g/mol. The van der Waals surface area contributed by atoms with Crippen LogP contribution in [-0.4, -0.2) is 23.4 Å². The molecule has 1 aromatic carbocycles. The number of likely N-dealkylation sites (tertiary alicyclic amines) is 1. The molecule has 0 unspecified atom stereocenters. The maximum Gasteiger partial charge on any atom is 0.247 e. The summed E-state index contributed by atoms with van der Waals surface area (Å²) in [6, 6.07) is 8.98. The Balaban J connectivity index is 0.00000220. The maximum atomic E-state index is 12.5. The summed E-state index contributed by atoms with van der Waals surface area (Å²) in [6.45, 7) is 6.74. The standard InChI is InChI=1S/C17H22N2O.ClH/c1-4-11-19-12-6-5-10-15(19)17(20)18-16-13(2)8-7-9-14(16)3;/h7-9,15H,5-6,10,12H2,1-3H3,(H,18,20);1H/t15-;/m0./s1. The van der Waals surface area contributed by atoms with E-state index >= 15 is 0 Å². The number of rotatable bonds is 2. The molecule has 0 aromatic heterocycles. The average molecular weight is 307 g/mol. The Morgan fingerprint density at radius 3 is 2.57 bits per heavy atom. The van der Waals surface area contributed by atoms with Gasteiger partial charge in [-0.1, -0.05) is 24.1 Å². The maximum absolute atomic E-state index is 12.5. The van der Waals surface area contributed by atoms with Crippen molar-refractivity contribution < 1.29 is 4.79 Å². The minimum atomic E-state index is -0.129. The molecule has 2 rings (SSSR count). The third kappa shape index (κ3) is 4.15. The molecule has 0 saturated carbocycles. The number of halogens is 1. The van der Waals surface area contributed by atoms with E-state index in [0.717, 1.165) is 42.6 Å². The van der Waals surface area contributed by atoms with E-state index in [4.69, 9.17) is 0 Å². The van der Waals surface area contributed by atoms with Crippen molar-refractivity contribution in [2.45, 2.75) is 46.1 Å². The van der Waals surface area contributed by atoms with E-state index in [1.807, 2.05) is 43.9 Å². The molecule has 1 amide bonds. The number of carbonyl (C=O) groups excluding carboxylic acids is 1. The number of anilines is 1. The lowest BCUT2D eigenvalue weighted by Gasteiger charge is -2.32. The van der Waals surface area contributed by atoms with Gasteiger partial charge in [0, 0.05) is 18.3 Å². The number of hydrogen-bond donors (Lipinski definition) is 1. The molecule has 1 saturated heterocycles. The van der Waals surface area contributed by atoms with Gasteiger partial charge >= 0.3 is 0 Å². The van der Waals surface area contributed by atoms with Gasteiger partial charge in [-0.05, 0) is 51.2 Å². The number of carbonyl (C=O) groups is 1. The second-order valence-corrected chi connectivity index (χ2v) is 5.32. The third-order valence-corrected chi connectivity index (χ3v) is 3.79. The Kier molecular flexibility index (Phi) is 6.58. The highest BCUT2D eigenvalue weighted by atomic mass is 35.5. The smallest absolute Gasteiger partial charge is 0.247 e. The highest BCUT2D eigenvalue weighted by Crippen LogP contribution is 2.22. The second-order valence-electron chi connectivity index (χ2n) is 5.32. The number of aryl methyl sites for hydroxylation is 2. The molecule has 3 nitrogen and oxygen atoms in total. The molecular weight excluding hydrogens is 284 g/mol. The van der Waals surface area contributed by atoms with Crippen molar-refractivity contribution in [2.24, 2.45) is 0 Å². The molecule has 1 N–H and O–H groups in total. The molecule has 1 heterocycles.